The highest BCUT2D eigenvalue weighted by atomic mass is 32.1. The second-order valence-electron chi connectivity index (χ2n) is 6.38. The van der Waals surface area contributed by atoms with E-state index in [1.807, 2.05) is 19.0 Å². The van der Waals surface area contributed by atoms with E-state index in [1.54, 1.807) is 6.07 Å². The molecular formula is C15H21F3N4S. The fourth-order valence-corrected chi connectivity index (χ4v) is 4.46. The average Bonchev–Trinajstić information content (AvgIpc) is 3.02. The first-order valence-electron chi connectivity index (χ1n) is 7.68. The highest BCUT2D eigenvalue weighted by Gasteiger charge is 2.31. The average molecular weight is 346 g/mol. The minimum atomic E-state index is -4.19. The Morgan fingerprint density at radius 2 is 2.17 bits per heavy atom. The topological polar surface area (TPSA) is 44.9 Å². The minimum Gasteiger partial charge on any atom is -0.358 e. The lowest BCUT2D eigenvalue weighted by Gasteiger charge is -2.35. The van der Waals surface area contributed by atoms with Crippen LogP contribution in [-0.4, -0.2) is 48.8 Å². The van der Waals surface area contributed by atoms with Crippen molar-refractivity contribution in [2.45, 2.75) is 43.9 Å². The second-order valence-corrected chi connectivity index (χ2v) is 7.50. The maximum Gasteiger partial charge on any atom is 0.393 e. The van der Waals surface area contributed by atoms with E-state index in [4.69, 9.17) is 5.73 Å². The molecule has 3 rings (SSSR count). The van der Waals surface area contributed by atoms with Gasteiger partial charge >= 0.3 is 6.18 Å². The molecule has 128 valence electrons. The van der Waals surface area contributed by atoms with Crippen LogP contribution in [0.15, 0.2) is 11.1 Å². The molecule has 1 saturated carbocycles. The number of thiophene rings is 1. The standard InChI is InChI=1S/C15H21F3N4S/c1-21-8-20-13-12(6-11(23-13)7-15(16,17)18)14(21)22(2)10-4-3-9(19)5-10/h6,9-10H,3-5,7-8,19H2,1-2H3. The molecule has 1 aliphatic heterocycles. The van der Waals surface area contributed by atoms with E-state index >= 15 is 0 Å². The van der Waals surface area contributed by atoms with Crippen molar-refractivity contribution in [3.63, 3.8) is 0 Å². The van der Waals surface area contributed by atoms with Gasteiger partial charge in [-0.05, 0) is 25.3 Å². The fourth-order valence-electron chi connectivity index (χ4n) is 3.41. The Morgan fingerprint density at radius 1 is 1.43 bits per heavy atom. The molecule has 1 aromatic heterocycles. The van der Waals surface area contributed by atoms with E-state index in [9.17, 15) is 13.2 Å². The number of fused-ring (bicyclic) bond motifs is 1. The summed E-state index contributed by atoms with van der Waals surface area (Å²) in [5, 5.41) is 0.811. The number of hydrogen-bond acceptors (Lipinski definition) is 5. The van der Waals surface area contributed by atoms with Crippen molar-refractivity contribution in [2.24, 2.45) is 10.7 Å². The predicted octanol–water partition coefficient (Wildman–Crippen LogP) is 1.25. The Kier molecular flexibility index (Phi) is 4.31. The lowest BCUT2D eigenvalue weighted by Crippen LogP contribution is -2.45. The van der Waals surface area contributed by atoms with Crippen molar-refractivity contribution < 1.29 is 13.2 Å². The fraction of sp³-hybridized carbons (Fsp3) is 0.667. The Labute approximate surface area is 137 Å². The smallest absolute Gasteiger partial charge is 0.358 e. The number of halogens is 3. The summed E-state index contributed by atoms with van der Waals surface area (Å²) in [6.45, 7) is 0.470. The quantitative estimate of drug-likeness (QED) is 0.896. The van der Waals surface area contributed by atoms with Crippen LogP contribution in [0.2, 0.25) is 0 Å². The third-order valence-electron chi connectivity index (χ3n) is 4.49. The zero-order valence-corrected chi connectivity index (χ0v) is 14.0. The molecule has 4 nitrogen and oxygen atoms in total. The Hall–Kier alpha value is -1.28. The zero-order chi connectivity index (χ0) is 16.8. The van der Waals surface area contributed by atoms with E-state index in [-0.39, 0.29) is 6.04 Å². The molecule has 0 amide bonds. The molecule has 0 radical (unpaired) electrons. The predicted molar refractivity (Wildman–Crippen MR) is 84.3 cm³/mol. The molecule has 1 aromatic rings. The third kappa shape index (κ3) is 3.47. The second kappa shape index (κ2) is 5.98. The molecule has 23 heavy (non-hydrogen) atoms. The summed E-state index contributed by atoms with van der Waals surface area (Å²) in [6.07, 6.45) is -2.16. The van der Waals surface area contributed by atoms with Crippen LogP contribution < -0.4 is 15.6 Å². The molecule has 0 spiro atoms. The summed E-state index contributed by atoms with van der Waals surface area (Å²) >= 11 is 1.14. The van der Waals surface area contributed by atoms with E-state index in [0.29, 0.717) is 22.3 Å². The van der Waals surface area contributed by atoms with E-state index < -0.39 is 12.6 Å². The molecule has 1 fully saturated rings. The zero-order valence-electron chi connectivity index (χ0n) is 13.2. The van der Waals surface area contributed by atoms with Crippen LogP contribution in [0.5, 0.6) is 0 Å². The maximum absolute atomic E-state index is 12.7. The highest BCUT2D eigenvalue weighted by Crippen LogP contribution is 2.27. The molecule has 0 aromatic carbocycles. The van der Waals surface area contributed by atoms with Crippen LogP contribution >= 0.6 is 11.3 Å². The van der Waals surface area contributed by atoms with Crippen LogP contribution in [0.4, 0.5) is 13.2 Å². The maximum atomic E-state index is 12.7. The number of alkyl halides is 3. The van der Waals surface area contributed by atoms with Gasteiger partial charge in [0.05, 0.1) is 11.6 Å². The summed E-state index contributed by atoms with van der Waals surface area (Å²) in [6, 6.07) is 2.19. The van der Waals surface area contributed by atoms with Gasteiger partial charge in [0.2, 0.25) is 0 Å². The third-order valence-corrected chi connectivity index (χ3v) is 5.56. The lowest BCUT2D eigenvalue weighted by atomic mass is 10.2. The molecule has 2 heterocycles. The molecule has 2 N–H and O–H groups in total. The van der Waals surface area contributed by atoms with Crippen molar-refractivity contribution in [3.8, 4) is 0 Å². The Bertz CT molecular complexity index is 697. The van der Waals surface area contributed by atoms with Gasteiger partial charge in [-0.2, -0.15) is 13.2 Å². The van der Waals surface area contributed by atoms with Gasteiger partial charge in [0.1, 0.15) is 17.2 Å². The van der Waals surface area contributed by atoms with Gasteiger partial charge in [-0.1, -0.05) is 0 Å². The molecule has 1 aliphatic carbocycles. The van der Waals surface area contributed by atoms with Crippen LogP contribution in [0, 0.1) is 0 Å². The van der Waals surface area contributed by atoms with Crippen molar-refractivity contribution >= 4 is 17.2 Å². The van der Waals surface area contributed by atoms with E-state index in [0.717, 1.165) is 41.6 Å². The molecule has 2 atom stereocenters. The first-order chi connectivity index (χ1) is 10.7. The summed E-state index contributed by atoms with van der Waals surface area (Å²) in [7, 11) is 3.93. The summed E-state index contributed by atoms with van der Waals surface area (Å²) in [4.78, 5) is 8.89. The van der Waals surface area contributed by atoms with Crippen LogP contribution in [0.1, 0.15) is 24.1 Å². The number of nitrogens with two attached hydrogens (primary N) is 1. The first kappa shape index (κ1) is 16.6. The Morgan fingerprint density at radius 3 is 2.78 bits per heavy atom. The molecular weight excluding hydrogens is 325 g/mol. The molecule has 8 heteroatoms. The minimum absolute atomic E-state index is 0.212. The largest absolute Gasteiger partial charge is 0.393 e. The van der Waals surface area contributed by atoms with E-state index in [2.05, 4.69) is 9.89 Å². The lowest BCUT2D eigenvalue weighted by molar-refractivity contribution is -0.126. The van der Waals surface area contributed by atoms with Gasteiger partial charge in [-0.25, -0.2) is 0 Å². The summed E-state index contributed by atoms with van der Waals surface area (Å²) in [5.41, 5.74) is 6.00. The van der Waals surface area contributed by atoms with Crippen LogP contribution in [-0.2, 0) is 6.42 Å². The van der Waals surface area contributed by atoms with Gasteiger partial charge in [0.25, 0.3) is 0 Å². The van der Waals surface area contributed by atoms with Crippen LogP contribution in [0.3, 0.4) is 0 Å². The molecule has 2 unspecified atom stereocenters. The Balaban J connectivity index is 2.00. The van der Waals surface area contributed by atoms with E-state index in [1.165, 1.54) is 0 Å². The molecule has 0 saturated heterocycles. The molecule has 2 aliphatic rings. The van der Waals surface area contributed by atoms with Gasteiger partial charge in [0, 0.05) is 31.1 Å². The number of nitrogens with zero attached hydrogens (tertiary/aromatic N) is 3. The van der Waals surface area contributed by atoms with Crippen molar-refractivity contribution in [3.05, 3.63) is 20.8 Å². The SMILES string of the molecule is CN1CN=c2sc(CC(F)(F)F)cc2=C1N(C)C1CCC(N)C1. The highest BCUT2D eigenvalue weighted by molar-refractivity contribution is 7.09. The van der Waals surface area contributed by atoms with Crippen LogP contribution in [0.25, 0.3) is 5.82 Å². The number of rotatable bonds is 3. The van der Waals surface area contributed by atoms with Crippen molar-refractivity contribution in [2.75, 3.05) is 20.8 Å². The van der Waals surface area contributed by atoms with Crippen molar-refractivity contribution in [1.29, 1.82) is 0 Å². The summed E-state index contributed by atoms with van der Waals surface area (Å²) in [5.74, 6) is 0.957. The number of hydrogen-bond donors (Lipinski definition) is 1. The molecule has 0 bridgehead atoms. The van der Waals surface area contributed by atoms with Gasteiger partial charge in [-0.15, -0.1) is 11.3 Å². The monoisotopic (exact) mass is 346 g/mol. The normalized spacial score (nSPS) is 24.6. The van der Waals surface area contributed by atoms with Crippen molar-refractivity contribution in [1.82, 2.24) is 9.80 Å². The van der Waals surface area contributed by atoms with Gasteiger partial charge in [-0.3, -0.25) is 4.99 Å². The van der Waals surface area contributed by atoms with Gasteiger partial charge < -0.3 is 15.5 Å². The van der Waals surface area contributed by atoms with Gasteiger partial charge in [0.15, 0.2) is 0 Å². The first-order valence-corrected chi connectivity index (χ1v) is 8.50. The summed E-state index contributed by atoms with van der Waals surface area (Å²) < 4.78 is 38.7.